The van der Waals surface area contributed by atoms with Crippen molar-refractivity contribution in [3.8, 4) is 17.1 Å². The van der Waals surface area contributed by atoms with E-state index in [0.717, 1.165) is 17.7 Å². The third kappa shape index (κ3) is 3.45. The van der Waals surface area contributed by atoms with Gasteiger partial charge in [-0.2, -0.15) is 0 Å². The molecule has 4 rings (SSSR count). The molecule has 2 heterocycles. The van der Waals surface area contributed by atoms with Gasteiger partial charge in [0.1, 0.15) is 22.5 Å². The van der Waals surface area contributed by atoms with Crippen molar-refractivity contribution in [3.63, 3.8) is 0 Å². The highest BCUT2D eigenvalue weighted by Crippen LogP contribution is 2.39. The van der Waals surface area contributed by atoms with Gasteiger partial charge < -0.3 is 9.15 Å². The summed E-state index contributed by atoms with van der Waals surface area (Å²) in [5.74, 6) is 0.631. The van der Waals surface area contributed by atoms with Gasteiger partial charge in [0.05, 0.1) is 18.7 Å². The smallest absolute Gasteiger partial charge is 0.197 e. The number of methoxy groups -OCH3 is 1. The van der Waals surface area contributed by atoms with Crippen LogP contribution < -0.4 is 10.2 Å². The first-order valence-corrected chi connectivity index (χ1v) is 9.90. The van der Waals surface area contributed by atoms with Gasteiger partial charge in [-0.05, 0) is 50.7 Å². The predicted molar refractivity (Wildman–Crippen MR) is 114 cm³/mol. The number of Topliss-reactive ketones (excluding diaryl/α,β-unsaturated/α-hetero) is 1. The molecular weight excluding hydrogens is 390 g/mol. The predicted octanol–water partition coefficient (Wildman–Crippen LogP) is 4.42. The fourth-order valence-corrected chi connectivity index (χ4v) is 4.33. The van der Waals surface area contributed by atoms with E-state index < -0.39 is 0 Å². The molecule has 0 aliphatic carbocycles. The molecule has 0 N–H and O–H groups in total. The van der Waals surface area contributed by atoms with Crippen LogP contribution in [-0.4, -0.2) is 37.9 Å². The van der Waals surface area contributed by atoms with Crippen LogP contribution in [0.5, 0.6) is 5.75 Å². The molecule has 1 fully saturated rings. The van der Waals surface area contributed by atoms with Crippen LogP contribution in [0.3, 0.4) is 0 Å². The molecule has 150 valence electrons. The Labute approximate surface area is 173 Å². The van der Waals surface area contributed by atoms with Gasteiger partial charge in [-0.15, -0.1) is 0 Å². The number of aryl methyl sites for hydroxylation is 1. The minimum Gasteiger partial charge on any atom is -0.496 e. The summed E-state index contributed by atoms with van der Waals surface area (Å²) in [6, 6.07) is 10.5. The summed E-state index contributed by atoms with van der Waals surface area (Å²) < 4.78 is 11.7. The molecule has 5 nitrogen and oxygen atoms in total. The van der Waals surface area contributed by atoms with Gasteiger partial charge in [0.15, 0.2) is 11.2 Å². The van der Waals surface area contributed by atoms with Crippen molar-refractivity contribution in [1.82, 2.24) is 4.90 Å². The molecule has 1 aliphatic heterocycles. The highest BCUT2D eigenvalue weighted by Gasteiger charge is 2.31. The van der Waals surface area contributed by atoms with Gasteiger partial charge in [0, 0.05) is 23.1 Å². The largest absolute Gasteiger partial charge is 0.496 e. The second-order valence-electron chi connectivity index (χ2n) is 7.51. The summed E-state index contributed by atoms with van der Waals surface area (Å²) in [4.78, 5) is 27.9. The molecule has 1 saturated heterocycles. The maximum atomic E-state index is 13.1. The first-order valence-electron chi connectivity index (χ1n) is 9.52. The average molecular weight is 412 g/mol. The monoisotopic (exact) mass is 411 g/mol. The summed E-state index contributed by atoms with van der Waals surface area (Å²) in [6.07, 6.45) is 0.678. The van der Waals surface area contributed by atoms with Gasteiger partial charge in [0.25, 0.3) is 0 Å². The van der Waals surface area contributed by atoms with Crippen LogP contribution >= 0.6 is 11.6 Å². The van der Waals surface area contributed by atoms with E-state index in [1.807, 2.05) is 37.1 Å². The number of halogens is 1. The Morgan fingerprint density at radius 3 is 2.66 bits per heavy atom. The normalized spacial score (nSPS) is 17.7. The summed E-state index contributed by atoms with van der Waals surface area (Å²) >= 11 is 6.33. The topological polar surface area (TPSA) is 59.8 Å². The molecule has 0 radical (unpaired) electrons. The number of carbonyl (C=O) groups excluding carboxylic acids is 1. The first-order chi connectivity index (χ1) is 13.9. The Bertz CT molecular complexity index is 1170. The minimum absolute atomic E-state index is 0.124. The maximum Gasteiger partial charge on any atom is 0.197 e. The quantitative estimate of drug-likeness (QED) is 0.638. The molecule has 29 heavy (non-hydrogen) atoms. The number of rotatable bonds is 3. The van der Waals surface area contributed by atoms with E-state index in [1.54, 1.807) is 12.1 Å². The number of nitrogens with zero attached hydrogens (tertiary/aromatic N) is 1. The highest BCUT2D eigenvalue weighted by molar-refractivity contribution is 6.33. The number of ether oxygens (including phenoxy) is 1. The van der Waals surface area contributed by atoms with Crippen LogP contribution in [0.25, 0.3) is 22.3 Å². The van der Waals surface area contributed by atoms with Gasteiger partial charge in [-0.25, -0.2) is 0 Å². The lowest BCUT2D eigenvalue weighted by Gasteiger charge is -2.29. The minimum atomic E-state index is -0.316. The first kappa shape index (κ1) is 19.7. The lowest BCUT2D eigenvalue weighted by atomic mass is 9.84. The van der Waals surface area contributed by atoms with Crippen LogP contribution in [0.4, 0.5) is 0 Å². The molecule has 0 amide bonds. The number of ketones is 1. The molecular formula is C23H22ClNO4. The Morgan fingerprint density at radius 2 is 1.97 bits per heavy atom. The number of benzene rings is 2. The number of hydrogen-bond donors (Lipinski definition) is 0. The second kappa shape index (κ2) is 7.65. The molecule has 1 unspecified atom stereocenters. The van der Waals surface area contributed by atoms with Crippen molar-refractivity contribution in [2.45, 2.75) is 19.3 Å². The molecule has 3 aromatic rings. The van der Waals surface area contributed by atoms with Crippen molar-refractivity contribution in [2.75, 3.05) is 27.2 Å². The zero-order chi connectivity index (χ0) is 20.7. The van der Waals surface area contributed by atoms with Gasteiger partial charge in [-0.3, -0.25) is 14.5 Å². The summed E-state index contributed by atoms with van der Waals surface area (Å²) in [6.45, 7) is 3.11. The van der Waals surface area contributed by atoms with Crippen molar-refractivity contribution >= 4 is 28.4 Å². The molecule has 6 heteroatoms. The number of carbonyl (C=O) groups is 1. The Kier molecular flexibility index (Phi) is 5.19. The van der Waals surface area contributed by atoms with E-state index in [1.165, 1.54) is 13.2 Å². The third-order valence-corrected chi connectivity index (χ3v) is 5.86. The summed E-state index contributed by atoms with van der Waals surface area (Å²) in [5, 5.41) is 0.849. The number of likely N-dealkylation sites (tertiary alicyclic amines) is 1. The maximum absolute atomic E-state index is 13.1. The molecule has 0 spiro atoms. The van der Waals surface area contributed by atoms with Crippen molar-refractivity contribution in [1.29, 1.82) is 0 Å². The van der Waals surface area contributed by atoms with Crippen LogP contribution in [0.2, 0.25) is 5.02 Å². The van der Waals surface area contributed by atoms with E-state index in [4.69, 9.17) is 20.8 Å². The van der Waals surface area contributed by atoms with E-state index in [-0.39, 0.29) is 17.1 Å². The van der Waals surface area contributed by atoms with Crippen LogP contribution in [0.1, 0.15) is 23.5 Å². The Hall–Kier alpha value is -2.63. The lowest BCUT2D eigenvalue weighted by Crippen LogP contribution is -2.37. The fourth-order valence-electron chi connectivity index (χ4n) is 4.10. The van der Waals surface area contributed by atoms with E-state index in [9.17, 15) is 9.59 Å². The molecule has 1 aromatic heterocycles. The standard InChI is InChI=1S/C23H22ClNO4/c1-13-10-20(28-3)22-17(26)11-19(14-6-4-5-7-16(14)24)29-23(22)21(13)15-8-9-25(2)12-18(15)27/h4-7,10-11,15H,8-9,12H2,1-3H3. The van der Waals surface area contributed by atoms with E-state index in [0.29, 0.717) is 46.0 Å². The molecule has 1 atom stereocenters. The average Bonchev–Trinajstić information content (AvgIpc) is 2.68. The lowest BCUT2D eigenvalue weighted by molar-refractivity contribution is -0.123. The Balaban J connectivity index is 2.03. The zero-order valence-electron chi connectivity index (χ0n) is 16.6. The van der Waals surface area contributed by atoms with Crippen molar-refractivity contribution in [3.05, 3.63) is 62.8 Å². The highest BCUT2D eigenvalue weighted by atomic mass is 35.5. The zero-order valence-corrected chi connectivity index (χ0v) is 17.4. The Morgan fingerprint density at radius 1 is 1.21 bits per heavy atom. The van der Waals surface area contributed by atoms with E-state index in [2.05, 4.69) is 0 Å². The van der Waals surface area contributed by atoms with Gasteiger partial charge >= 0.3 is 0 Å². The fraction of sp³-hybridized carbons (Fsp3) is 0.304. The molecule has 0 saturated carbocycles. The summed E-state index contributed by atoms with van der Waals surface area (Å²) in [7, 11) is 3.46. The number of fused-ring (bicyclic) bond motifs is 1. The van der Waals surface area contributed by atoms with Crippen LogP contribution in [0, 0.1) is 6.92 Å². The third-order valence-electron chi connectivity index (χ3n) is 5.53. The van der Waals surface area contributed by atoms with Crippen LogP contribution in [0.15, 0.2) is 45.6 Å². The molecule has 2 aromatic carbocycles. The van der Waals surface area contributed by atoms with Crippen molar-refractivity contribution < 1.29 is 13.9 Å². The molecule has 1 aliphatic rings. The summed E-state index contributed by atoms with van der Waals surface area (Å²) in [5.41, 5.74) is 2.46. The number of piperidine rings is 1. The number of hydrogen-bond acceptors (Lipinski definition) is 5. The van der Waals surface area contributed by atoms with E-state index >= 15 is 0 Å². The number of likely N-dealkylation sites (N-methyl/N-ethyl adjacent to an activating group) is 1. The second-order valence-corrected chi connectivity index (χ2v) is 7.92. The van der Waals surface area contributed by atoms with Crippen molar-refractivity contribution in [2.24, 2.45) is 0 Å². The van der Waals surface area contributed by atoms with Crippen LogP contribution in [-0.2, 0) is 4.79 Å². The van der Waals surface area contributed by atoms with Gasteiger partial charge in [-0.1, -0.05) is 23.7 Å². The SMILES string of the molecule is COc1cc(C)c(C2CCN(C)CC2=O)c2oc(-c3ccccc3Cl)cc(=O)c12. The molecule has 0 bridgehead atoms. The van der Waals surface area contributed by atoms with Gasteiger partial charge in [0.2, 0.25) is 0 Å².